The minimum absolute atomic E-state index is 0.0395. The SMILES string of the molecule is CC(C)(C)OC(=O)N(OC(C)(C)C)c1nccc2cc(NC(C(=O)O)c3ccc(CCCC(=O)Nc4ccc(S(=O)(=O)C(C)(C)C)c(C#N)c4)cc3)ccc12. The number of amides is 2. The summed E-state index contributed by atoms with van der Waals surface area (Å²) >= 11 is 0. The number of aromatic nitrogens is 1. The minimum Gasteiger partial charge on any atom is -0.479 e. The number of carboxylic acids is 1. The molecule has 1 aromatic heterocycles. The van der Waals surface area contributed by atoms with E-state index < -0.39 is 43.9 Å². The van der Waals surface area contributed by atoms with Crippen molar-refractivity contribution in [1.29, 1.82) is 5.26 Å². The van der Waals surface area contributed by atoms with Gasteiger partial charge in [-0.15, -0.1) is 5.06 Å². The van der Waals surface area contributed by atoms with Crippen LogP contribution in [0, 0.1) is 11.3 Å². The maximum absolute atomic E-state index is 13.2. The third kappa shape index (κ3) is 11.0. The van der Waals surface area contributed by atoms with Gasteiger partial charge in [-0.3, -0.25) is 9.63 Å². The number of anilines is 3. The molecule has 3 N–H and O–H groups in total. The van der Waals surface area contributed by atoms with Crippen LogP contribution in [0.3, 0.4) is 0 Å². The number of ether oxygens (including phenoxy) is 1. The smallest absolute Gasteiger partial charge is 0.440 e. The molecule has 14 heteroatoms. The van der Waals surface area contributed by atoms with Gasteiger partial charge in [0.2, 0.25) is 5.91 Å². The molecule has 13 nitrogen and oxygen atoms in total. The van der Waals surface area contributed by atoms with Crippen LogP contribution >= 0.6 is 0 Å². The Morgan fingerprint density at radius 2 is 1.55 bits per heavy atom. The van der Waals surface area contributed by atoms with Gasteiger partial charge in [0, 0.05) is 29.4 Å². The van der Waals surface area contributed by atoms with Gasteiger partial charge in [0.15, 0.2) is 21.7 Å². The Kier molecular flexibility index (Phi) is 12.6. The third-order valence-corrected chi connectivity index (χ3v) is 10.6. The number of carbonyl (C=O) groups excluding carboxylic acids is 2. The topological polar surface area (TPSA) is 188 Å². The van der Waals surface area contributed by atoms with E-state index >= 15 is 0 Å². The van der Waals surface area contributed by atoms with Crippen molar-refractivity contribution >= 4 is 55.8 Å². The van der Waals surface area contributed by atoms with E-state index in [1.165, 1.54) is 24.4 Å². The Hall–Kier alpha value is -5.52. The molecule has 0 fully saturated rings. The van der Waals surface area contributed by atoms with Gasteiger partial charge in [-0.1, -0.05) is 24.3 Å². The van der Waals surface area contributed by atoms with E-state index in [0.717, 1.165) is 10.6 Å². The van der Waals surface area contributed by atoms with E-state index in [4.69, 9.17) is 9.57 Å². The van der Waals surface area contributed by atoms with Crippen molar-refractivity contribution in [1.82, 2.24) is 4.98 Å². The summed E-state index contributed by atoms with van der Waals surface area (Å²) in [6.07, 6.45) is 2.02. The molecule has 0 bridgehead atoms. The fourth-order valence-electron chi connectivity index (χ4n) is 5.42. The molecule has 0 spiro atoms. The van der Waals surface area contributed by atoms with Gasteiger partial charge < -0.3 is 20.5 Å². The van der Waals surface area contributed by atoms with Gasteiger partial charge in [0.1, 0.15) is 11.7 Å². The highest BCUT2D eigenvalue weighted by atomic mass is 32.2. The highest BCUT2D eigenvalue weighted by Crippen LogP contribution is 2.32. The predicted molar refractivity (Wildman–Crippen MR) is 211 cm³/mol. The fourth-order valence-corrected chi connectivity index (χ4v) is 6.73. The van der Waals surface area contributed by atoms with Crippen LogP contribution in [0.2, 0.25) is 0 Å². The van der Waals surface area contributed by atoms with Crippen molar-refractivity contribution in [2.45, 2.75) is 108 Å². The van der Waals surface area contributed by atoms with Crippen molar-refractivity contribution in [2.75, 3.05) is 15.7 Å². The highest BCUT2D eigenvalue weighted by molar-refractivity contribution is 7.92. The molecular weight excluding hydrogens is 723 g/mol. The standard InChI is InChI=1S/C41H49N5O8S/c1-39(2,3)53-38(50)46(54-40(4,5)6)36-32-19-17-31(23-28(32)21-22-43-36)45-35(37(48)49)27-15-13-26(14-16-27)11-10-12-34(47)44-30-18-20-33(29(24-30)25-42)55(51,52)41(7,8)9/h13-24,35,45H,10-12H2,1-9H3,(H,44,47)(H,48,49). The molecular formula is C41H49N5O8S. The first kappa shape index (κ1) is 42.2. The summed E-state index contributed by atoms with van der Waals surface area (Å²) in [5.74, 6) is -1.15. The number of benzene rings is 3. The van der Waals surface area contributed by atoms with Gasteiger partial charge in [-0.05, 0) is 134 Å². The molecule has 3 aromatic carbocycles. The first-order valence-corrected chi connectivity index (χ1v) is 19.3. The number of hydrogen-bond donors (Lipinski definition) is 3. The minimum atomic E-state index is -3.75. The third-order valence-electron chi connectivity index (χ3n) is 8.08. The maximum atomic E-state index is 13.2. The zero-order valence-corrected chi connectivity index (χ0v) is 33.5. The molecule has 4 aromatic rings. The summed E-state index contributed by atoms with van der Waals surface area (Å²) in [4.78, 5) is 48.6. The van der Waals surface area contributed by atoms with Gasteiger partial charge in [-0.2, -0.15) is 5.26 Å². The number of nitriles is 1. The molecule has 292 valence electrons. The number of rotatable bonds is 12. The lowest BCUT2D eigenvalue weighted by Gasteiger charge is -2.31. The number of hydroxylamine groups is 1. The van der Waals surface area contributed by atoms with Crippen LogP contribution in [-0.2, 0) is 35.4 Å². The van der Waals surface area contributed by atoms with Gasteiger partial charge >= 0.3 is 12.1 Å². The molecule has 2 amide bonds. The number of sulfone groups is 1. The second-order valence-electron chi connectivity index (χ2n) is 16.0. The lowest BCUT2D eigenvalue weighted by atomic mass is 10.0. The summed E-state index contributed by atoms with van der Waals surface area (Å²) in [6.45, 7) is 15.4. The van der Waals surface area contributed by atoms with Crippen LogP contribution in [0.25, 0.3) is 10.8 Å². The molecule has 1 heterocycles. The van der Waals surface area contributed by atoms with Gasteiger partial charge in [0.25, 0.3) is 0 Å². The Morgan fingerprint density at radius 3 is 2.13 bits per heavy atom. The van der Waals surface area contributed by atoms with E-state index in [2.05, 4.69) is 15.6 Å². The number of carbonyl (C=O) groups is 3. The molecule has 0 saturated carbocycles. The van der Waals surface area contributed by atoms with E-state index in [-0.39, 0.29) is 28.6 Å². The predicted octanol–water partition coefficient (Wildman–Crippen LogP) is 8.35. The highest BCUT2D eigenvalue weighted by Gasteiger charge is 2.33. The molecule has 1 unspecified atom stereocenters. The Labute approximate surface area is 322 Å². The van der Waals surface area contributed by atoms with Gasteiger partial charge in [-0.25, -0.2) is 23.0 Å². The van der Waals surface area contributed by atoms with Crippen LogP contribution in [0.15, 0.2) is 77.8 Å². The fraction of sp³-hybridized carbons (Fsp3) is 0.390. The van der Waals surface area contributed by atoms with Crippen molar-refractivity contribution < 1.29 is 37.5 Å². The second kappa shape index (κ2) is 16.5. The first-order chi connectivity index (χ1) is 25.5. The van der Waals surface area contributed by atoms with Gasteiger partial charge in [0.05, 0.1) is 20.8 Å². The summed E-state index contributed by atoms with van der Waals surface area (Å²) in [7, 11) is -3.75. The Bertz CT molecular complexity index is 2210. The largest absolute Gasteiger partial charge is 0.479 e. The summed E-state index contributed by atoms with van der Waals surface area (Å²) < 4.78 is 30.3. The second-order valence-corrected chi connectivity index (χ2v) is 18.7. The maximum Gasteiger partial charge on any atom is 0.440 e. The molecule has 1 atom stereocenters. The zero-order chi connectivity index (χ0) is 40.9. The van der Waals surface area contributed by atoms with Crippen molar-refractivity contribution in [3.05, 3.63) is 89.6 Å². The molecule has 0 aliphatic rings. The van der Waals surface area contributed by atoms with Crippen LogP contribution in [0.5, 0.6) is 0 Å². The molecule has 0 aliphatic heterocycles. The number of nitrogens with one attached hydrogen (secondary N) is 2. The first-order valence-electron chi connectivity index (χ1n) is 17.8. The van der Waals surface area contributed by atoms with E-state index in [0.29, 0.717) is 40.6 Å². The number of aliphatic carboxylic acids is 1. The number of hydrogen-bond acceptors (Lipinski definition) is 10. The average molecular weight is 772 g/mol. The Balaban J connectivity index is 1.42. The molecule has 4 rings (SSSR count). The number of carboxylic acid groups (broad SMARTS) is 1. The molecule has 0 radical (unpaired) electrons. The molecule has 55 heavy (non-hydrogen) atoms. The van der Waals surface area contributed by atoms with Crippen molar-refractivity contribution in [2.24, 2.45) is 0 Å². The summed E-state index contributed by atoms with van der Waals surface area (Å²) in [6, 6.07) is 19.0. The monoisotopic (exact) mass is 771 g/mol. The zero-order valence-electron chi connectivity index (χ0n) is 32.7. The summed E-state index contributed by atoms with van der Waals surface area (Å²) in [5.41, 5.74) is 0.711. The lowest BCUT2D eigenvalue weighted by molar-refractivity contribution is -0.138. The molecule has 0 saturated heterocycles. The van der Waals surface area contributed by atoms with Crippen LogP contribution in [0.4, 0.5) is 22.0 Å². The summed E-state index contributed by atoms with van der Waals surface area (Å²) in [5, 5.41) is 27.9. The van der Waals surface area contributed by atoms with Crippen molar-refractivity contribution in [3.8, 4) is 6.07 Å². The Morgan fingerprint density at radius 1 is 0.891 bits per heavy atom. The van der Waals surface area contributed by atoms with Crippen LogP contribution in [0.1, 0.15) is 97.9 Å². The van der Waals surface area contributed by atoms with Crippen LogP contribution in [-0.4, -0.2) is 52.4 Å². The van der Waals surface area contributed by atoms with E-state index in [1.807, 2.05) is 18.2 Å². The normalized spacial score (nSPS) is 12.7. The average Bonchev–Trinajstić information content (AvgIpc) is 3.07. The lowest BCUT2D eigenvalue weighted by Crippen LogP contribution is -2.42. The quantitative estimate of drug-likeness (QED) is 0.117. The van der Waals surface area contributed by atoms with E-state index in [9.17, 15) is 33.2 Å². The molecule has 0 aliphatic carbocycles. The van der Waals surface area contributed by atoms with Crippen molar-refractivity contribution in [3.63, 3.8) is 0 Å². The number of fused-ring (bicyclic) bond motifs is 1. The van der Waals surface area contributed by atoms with Crippen LogP contribution < -0.4 is 15.7 Å². The number of nitrogens with zero attached hydrogens (tertiary/aromatic N) is 3. The number of aryl methyl sites for hydroxylation is 1. The van der Waals surface area contributed by atoms with E-state index in [1.54, 1.807) is 98.7 Å². The number of pyridine rings is 1.